The van der Waals surface area contributed by atoms with Gasteiger partial charge in [0, 0.05) is 30.6 Å². The molecule has 0 atom stereocenters. The van der Waals surface area contributed by atoms with Gasteiger partial charge in [0.2, 0.25) is 5.91 Å². The molecule has 1 fully saturated rings. The Balaban J connectivity index is 1.37. The molecule has 3 aromatic rings. The van der Waals surface area contributed by atoms with E-state index in [2.05, 4.69) is 0 Å². The van der Waals surface area contributed by atoms with Crippen molar-refractivity contribution in [3.63, 3.8) is 0 Å². The van der Waals surface area contributed by atoms with E-state index in [1.807, 2.05) is 17.0 Å². The van der Waals surface area contributed by atoms with Gasteiger partial charge in [0.05, 0.1) is 5.56 Å². The minimum absolute atomic E-state index is 0.157. The van der Waals surface area contributed by atoms with Gasteiger partial charge in [0.25, 0.3) is 0 Å². The Hall–Kier alpha value is -3.80. The highest BCUT2D eigenvalue weighted by Gasteiger charge is 2.20. The first kappa shape index (κ1) is 20.5. The standard InChI is InChI=1S/C25H20FNO4/c26-21-11-7-18(8-12-21)24(29)19-9-13-22(14-10-19)31-25(30)20-5-3-17(4-6-20)16-27-15-1-2-23(27)28/h3-14H,1-2,15-16H2. The predicted octanol–water partition coefficient (Wildman–Crippen LogP) is 4.40. The first-order chi connectivity index (χ1) is 15.0. The zero-order chi connectivity index (χ0) is 21.8. The van der Waals surface area contributed by atoms with E-state index in [4.69, 9.17) is 4.74 Å². The third-order valence-corrected chi connectivity index (χ3v) is 5.17. The van der Waals surface area contributed by atoms with Gasteiger partial charge in [0.1, 0.15) is 11.6 Å². The number of benzene rings is 3. The highest BCUT2D eigenvalue weighted by atomic mass is 19.1. The van der Waals surface area contributed by atoms with Crippen LogP contribution in [0.15, 0.2) is 72.8 Å². The number of nitrogens with zero attached hydrogens (tertiary/aromatic N) is 1. The lowest BCUT2D eigenvalue weighted by Gasteiger charge is -2.15. The second-order valence-corrected chi connectivity index (χ2v) is 7.37. The van der Waals surface area contributed by atoms with Crippen molar-refractivity contribution in [3.05, 3.63) is 101 Å². The van der Waals surface area contributed by atoms with E-state index in [9.17, 15) is 18.8 Å². The van der Waals surface area contributed by atoms with Crippen LogP contribution in [0.2, 0.25) is 0 Å². The van der Waals surface area contributed by atoms with Crippen LogP contribution in [0.3, 0.4) is 0 Å². The Morgan fingerprint density at radius 3 is 2.00 bits per heavy atom. The van der Waals surface area contributed by atoms with Gasteiger partial charge in [-0.15, -0.1) is 0 Å². The Bertz CT molecular complexity index is 1110. The molecule has 4 rings (SSSR count). The zero-order valence-electron chi connectivity index (χ0n) is 16.7. The molecule has 0 aliphatic carbocycles. The largest absolute Gasteiger partial charge is 0.423 e. The Morgan fingerprint density at radius 2 is 1.42 bits per heavy atom. The number of esters is 1. The highest BCUT2D eigenvalue weighted by Crippen LogP contribution is 2.19. The van der Waals surface area contributed by atoms with Crippen LogP contribution in [0.4, 0.5) is 4.39 Å². The summed E-state index contributed by atoms with van der Waals surface area (Å²) in [6.45, 7) is 1.31. The number of rotatable bonds is 6. The molecule has 6 heteroatoms. The van der Waals surface area contributed by atoms with Gasteiger partial charge in [0.15, 0.2) is 5.78 Å². The molecule has 0 aromatic heterocycles. The summed E-state index contributed by atoms with van der Waals surface area (Å²) in [5.74, 6) is -0.694. The first-order valence-electron chi connectivity index (χ1n) is 9.99. The number of hydrogen-bond donors (Lipinski definition) is 0. The van der Waals surface area contributed by atoms with E-state index in [1.165, 1.54) is 24.3 Å². The van der Waals surface area contributed by atoms with E-state index >= 15 is 0 Å². The monoisotopic (exact) mass is 417 g/mol. The Kier molecular flexibility index (Phi) is 5.89. The number of ketones is 1. The van der Waals surface area contributed by atoms with Crippen molar-refractivity contribution >= 4 is 17.7 Å². The van der Waals surface area contributed by atoms with E-state index in [-0.39, 0.29) is 11.7 Å². The van der Waals surface area contributed by atoms with Crippen LogP contribution < -0.4 is 4.74 Å². The van der Waals surface area contributed by atoms with Gasteiger partial charge in [-0.1, -0.05) is 12.1 Å². The molecule has 5 nitrogen and oxygen atoms in total. The summed E-state index contributed by atoms with van der Waals surface area (Å²) in [6, 6.07) is 18.5. The van der Waals surface area contributed by atoms with Gasteiger partial charge >= 0.3 is 5.97 Å². The number of carbonyl (C=O) groups excluding carboxylic acids is 3. The first-order valence-corrected chi connectivity index (χ1v) is 9.99. The summed E-state index contributed by atoms with van der Waals surface area (Å²) in [5, 5.41) is 0. The van der Waals surface area contributed by atoms with Crippen molar-refractivity contribution < 1.29 is 23.5 Å². The van der Waals surface area contributed by atoms with Crippen LogP contribution in [0, 0.1) is 5.82 Å². The van der Waals surface area contributed by atoms with Crippen LogP contribution in [0.5, 0.6) is 5.75 Å². The molecule has 1 aliphatic heterocycles. The maximum absolute atomic E-state index is 13.0. The van der Waals surface area contributed by atoms with Crippen molar-refractivity contribution in [2.24, 2.45) is 0 Å². The van der Waals surface area contributed by atoms with Crippen molar-refractivity contribution in [3.8, 4) is 5.75 Å². The maximum Gasteiger partial charge on any atom is 0.343 e. The van der Waals surface area contributed by atoms with Gasteiger partial charge < -0.3 is 9.64 Å². The fourth-order valence-electron chi connectivity index (χ4n) is 3.45. The Morgan fingerprint density at radius 1 is 0.839 bits per heavy atom. The molecule has 1 aliphatic rings. The van der Waals surface area contributed by atoms with Gasteiger partial charge in [-0.05, 0) is 72.6 Å². The number of amides is 1. The summed E-state index contributed by atoms with van der Waals surface area (Å²) in [4.78, 5) is 38.4. The second kappa shape index (κ2) is 8.92. The van der Waals surface area contributed by atoms with Crippen LogP contribution in [0.1, 0.15) is 44.7 Å². The minimum Gasteiger partial charge on any atom is -0.423 e. The molecule has 0 unspecified atom stereocenters. The van der Waals surface area contributed by atoms with Crippen molar-refractivity contribution in [1.29, 1.82) is 0 Å². The summed E-state index contributed by atoms with van der Waals surface area (Å²) < 4.78 is 18.4. The number of carbonyl (C=O) groups is 3. The number of ether oxygens (including phenoxy) is 1. The molecule has 31 heavy (non-hydrogen) atoms. The van der Waals surface area contributed by atoms with E-state index in [1.54, 1.807) is 36.4 Å². The molecule has 0 saturated carbocycles. The van der Waals surface area contributed by atoms with Crippen molar-refractivity contribution in [2.45, 2.75) is 19.4 Å². The maximum atomic E-state index is 13.0. The van der Waals surface area contributed by atoms with E-state index in [0.717, 1.165) is 18.5 Å². The number of halogens is 1. The summed E-state index contributed by atoms with van der Waals surface area (Å²) in [6.07, 6.45) is 1.48. The van der Waals surface area contributed by atoms with Crippen LogP contribution in [-0.4, -0.2) is 29.1 Å². The molecule has 0 radical (unpaired) electrons. The normalized spacial score (nSPS) is 13.3. The number of likely N-dealkylation sites (tertiary alicyclic amines) is 1. The molecule has 1 saturated heterocycles. The molecule has 1 amide bonds. The molecule has 1 heterocycles. The lowest BCUT2D eigenvalue weighted by Crippen LogP contribution is -2.23. The number of hydrogen-bond acceptors (Lipinski definition) is 4. The van der Waals surface area contributed by atoms with E-state index < -0.39 is 11.8 Å². The van der Waals surface area contributed by atoms with E-state index in [0.29, 0.717) is 35.4 Å². The predicted molar refractivity (Wildman–Crippen MR) is 112 cm³/mol. The molecule has 0 N–H and O–H groups in total. The minimum atomic E-state index is -0.513. The molecule has 0 spiro atoms. The SMILES string of the molecule is O=C(Oc1ccc(C(=O)c2ccc(F)cc2)cc1)c1ccc(CN2CCCC2=O)cc1. The topological polar surface area (TPSA) is 63.7 Å². The summed E-state index contributed by atoms with van der Waals surface area (Å²) in [7, 11) is 0. The third kappa shape index (κ3) is 4.86. The fraction of sp³-hybridized carbons (Fsp3) is 0.160. The quantitative estimate of drug-likeness (QED) is 0.339. The average Bonchev–Trinajstić information content (AvgIpc) is 3.19. The fourth-order valence-corrected chi connectivity index (χ4v) is 3.45. The highest BCUT2D eigenvalue weighted by molar-refractivity contribution is 6.09. The lowest BCUT2D eigenvalue weighted by atomic mass is 10.0. The third-order valence-electron chi connectivity index (χ3n) is 5.17. The van der Waals surface area contributed by atoms with Crippen LogP contribution >= 0.6 is 0 Å². The van der Waals surface area contributed by atoms with Gasteiger partial charge in [-0.25, -0.2) is 9.18 Å². The van der Waals surface area contributed by atoms with Gasteiger partial charge in [-0.2, -0.15) is 0 Å². The molecule has 0 bridgehead atoms. The lowest BCUT2D eigenvalue weighted by molar-refractivity contribution is -0.128. The summed E-state index contributed by atoms with van der Waals surface area (Å²) >= 11 is 0. The molecular weight excluding hydrogens is 397 g/mol. The molecule has 156 valence electrons. The average molecular weight is 417 g/mol. The smallest absolute Gasteiger partial charge is 0.343 e. The Labute approximate surface area is 179 Å². The van der Waals surface area contributed by atoms with Crippen molar-refractivity contribution in [2.75, 3.05) is 6.54 Å². The molecule has 3 aromatic carbocycles. The van der Waals surface area contributed by atoms with Crippen molar-refractivity contribution in [1.82, 2.24) is 4.90 Å². The summed E-state index contributed by atoms with van der Waals surface area (Å²) in [5.41, 5.74) is 2.13. The zero-order valence-corrected chi connectivity index (χ0v) is 16.7. The van der Waals surface area contributed by atoms with Crippen LogP contribution in [0.25, 0.3) is 0 Å². The van der Waals surface area contributed by atoms with Crippen LogP contribution in [-0.2, 0) is 11.3 Å². The molecular formula is C25H20FNO4. The second-order valence-electron chi connectivity index (χ2n) is 7.37. The van der Waals surface area contributed by atoms with Gasteiger partial charge in [-0.3, -0.25) is 9.59 Å².